The van der Waals surface area contributed by atoms with Gasteiger partial charge in [0.25, 0.3) is 0 Å². The van der Waals surface area contributed by atoms with Gasteiger partial charge in [0, 0.05) is 19.9 Å². The molecule has 0 bridgehead atoms. The Hall–Kier alpha value is -1.48. The van der Waals surface area contributed by atoms with E-state index < -0.39 is 5.79 Å². The molecule has 4 rings (SSSR count). The standard InChI is InChI=1S/C7H15NO.C7H14O2.C7H12O2.C5H8O2/c3*1-5-6(2)9-7(3,4)8-5;1-4-5(2)7-3-6-4/h5-6,8H,1-4H3;5-6H,1-4H3;1-4H3;3H2,1-2H3. The summed E-state index contributed by atoms with van der Waals surface area (Å²) in [6, 6.07) is 0.486. The lowest BCUT2D eigenvalue weighted by molar-refractivity contribution is -0.143. The molecule has 2 saturated heterocycles. The molecule has 4 unspecified atom stereocenters. The second kappa shape index (κ2) is 12.0. The van der Waals surface area contributed by atoms with Crippen molar-refractivity contribution < 1.29 is 33.2 Å². The normalized spacial score (nSPS) is 32.1. The molecule has 4 atom stereocenters. The summed E-state index contributed by atoms with van der Waals surface area (Å²) in [5.41, 5.74) is -0.112. The summed E-state index contributed by atoms with van der Waals surface area (Å²) in [7, 11) is 0. The maximum absolute atomic E-state index is 5.55. The Labute approximate surface area is 207 Å². The molecule has 0 radical (unpaired) electrons. The Balaban J connectivity index is 0.000000228. The van der Waals surface area contributed by atoms with E-state index in [4.69, 9.17) is 33.2 Å². The molecule has 200 valence electrons. The predicted molar refractivity (Wildman–Crippen MR) is 132 cm³/mol. The molecule has 4 aliphatic rings. The number of hydrogen-bond acceptors (Lipinski definition) is 8. The van der Waals surface area contributed by atoms with Crippen LogP contribution in [-0.2, 0) is 33.2 Å². The zero-order valence-electron chi connectivity index (χ0n) is 23.9. The van der Waals surface area contributed by atoms with Crippen molar-refractivity contribution in [2.45, 2.75) is 139 Å². The number of ether oxygens (including phenoxy) is 7. The zero-order chi connectivity index (χ0) is 26.5. The van der Waals surface area contributed by atoms with E-state index >= 15 is 0 Å². The highest BCUT2D eigenvalue weighted by atomic mass is 16.8. The van der Waals surface area contributed by atoms with Crippen LogP contribution in [0.4, 0.5) is 0 Å². The fraction of sp³-hybridized carbons (Fsp3) is 0.846. The molecule has 4 aliphatic heterocycles. The van der Waals surface area contributed by atoms with Crippen LogP contribution in [0.5, 0.6) is 0 Å². The number of rotatable bonds is 0. The number of hydrogen-bond donors (Lipinski definition) is 1. The molecule has 0 aromatic heterocycles. The van der Waals surface area contributed by atoms with E-state index in [0.717, 1.165) is 23.0 Å². The summed E-state index contributed by atoms with van der Waals surface area (Å²) in [6.45, 7) is 28.0. The third-order valence-corrected chi connectivity index (χ3v) is 5.70. The second-order valence-corrected chi connectivity index (χ2v) is 10.5. The SMILES string of the molecule is CC1=C(C)OC(C)(C)O1.CC1=C(C)OCO1.CC1NC(C)(C)OC1C.CC1OC(C)(C)OC1C. The maximum Gasteiger partial charge on any atom is 0.245 e. The molecule has 0 aromatic carbocycles. The first-order valence-corrected chi connectivity index (χ1v) is 12.1. The fourth-order valence-electron chi connectivity index (χ4n) is 3.69. The van der Waals surface area contributed by atoms with Crippen LogP contribution in [0.1, 0.15) is 96.9 Å². The smallest absolute Gasteiger partial charge is 0.245 e. The van der Waals surface area contributed by atoms with Crippen LogP contribution in [0.2, 0.25) is 0 Å². The van der Waals surface area contributed by atoms with Crippen LogP contribution < -0.4 is 5.32 Å². The lowest BCUT2D eigenvalue weighted by Crippen LogP contribution is -2.37. The van der Waals surface area contributed by atoms with Crippen LogP contribution in [0.3, 0.4) is 0 Å². The average molecular weight is 488 g/mol. The van der Waals surface area contributed by atoms with Gasteiger partial charge in [0.15, 0.2) is 5.79 Å². The van der Waals surface area contributed by atoms with Gasteiger partial charge in [-0.05, 0) is 83.1 Å². The van der Waals surface area contributed by atoms with Crippen molar-refractivity contribution in [3.05, 3.63) is 23.0 Å². The maximum atomic E-state index is 5.55. The molecular weight excluding hydrogens is 438 g/mol. The van der Waals surface area contributed by atoms with Gasteiger partial charge >= 0.3 is 0 Å². The lowest BCUT2D eigenvalue weighted by Gasteiger charge is -2.17. The molecule has 0 spiro atoms. The minimum Gasteiger partial charge on any atom is -0.459 e. The van der Waals surface area contributed by atoms with E-state index in [1.807, 2.05) is 83.1 Å². The minimum atomic E-state index is -0.436. The summed E-state index contributed by atoms with van der Waals surface area (Å²) < 4.78 is 36.9. The highest BCUT2D eigenvalue weighted by Gasteiger charge is 2.35. The summed E-state index contributed by atoms with van der Waals surface area (Å²) in [5, 5.41) is 3.32. The van der Waals surface area contributed by atoms with Crippen LogP contribution in [0.25, 0.3) is 0 Å². The van der Waals surface area contributed by atoms with E-state index in [9.17, 15) is 0 Å². The first-order chi connectivity index (χ1) is 15.3. The van der Waals surface area contributed by atoms with Crippen molar-refractivity contribution in [2.24, 2.45) is 0 Å². The highest BCUT2D eigenvalue weighted by molar-refractivity contribution is 5.01. The Morgan fingerprint density at radius 1 is 0.588 bits per heavy atom. The molecule has 0 aliphatic carbocycles. The molecule has 4 heterocycles. The van der Waals surface area contributed by atoms with Crippen molar-refractivity contribution in [1.29, 1.82) is 0 Å². The third-order valence-electron chi connectivity index (χ3n) is 5.70. The van der Waals surface area contributed by atoms with Gasteiger partial charge in [0.1, 0.15) is 28.8 Å². The number of nitrogens with one attached hydrogen (secondary N) is 1. The number of allylic oxidation sites excluding steroid dienone is 4. The second-order valence-electron chi connectivity index (χ2n) is 10.5. The van der Waals surface area contributed by atoms with Gasteiger partial charge in [-0.25, -0.2) is 0 Å². The van der Waals surface area contributed by atoms with Crippen molar-refractivity contribution in [1.82, 2.24) is 5.32 Å². The van der Waals surface area contributed by atoms with Crippen LogP contribution in [0, 0.1) is 0 Å². The zero-order valence-corrected chi connectivity index (χ0v) is 23.9. The van der Waals surface area contributed by atoms with Crippen molar-refractivity contribution in [3.63, 3.8) is 0 Å². The molecule has 0 aromatic rings. The summed E-state index contributed by atoms with van der Waals surface area (Å²) in [5.74, 6) is 2.78. The molecule has 1 N–H and O–H groups in total. The molecule has 2 fully saturated rings. The molecule has 8 nitrogen and oxygen atoms in total. The minimum absolute atomic E-state index is 0.112. The van der Waals surface area contributed by atoms with Gasteiger partial charge in [-0.2, -0.15) is 0 Å². The van der Waals surface area contributed by atoms with Crippen molar-refractivity contribution in [3.8, 4) is 0 Å². The topological polar surface area (TPSA) is 76.6 Å². The average Bonchev–Trinajstić information content (AvgIpc) is 3.29. The Morgan fingerprint density at radius 3 is 1.12 bits per heavy atom. The van der Waals surface area contributed by atoms with Gasteiger partial charge in [-0.15, -0.1) is 0 Å². The van der Waals surface area contributed by atoms with Gasteiger partial charge in [0.2, 0.25) is 12.6 Å². The largest absolute Gasteiger partial charge is 0.459 e. The fourth-order valence-corrected chi connectivity index (χ4v) is 3.69. The van der Waals surface area contributed by atoms with Gasteiger partial charge in [0.05, 0.1) is 18.3 Å². The quantitative estimate of drug-likeness (QED) is 0.451. The van der Waals surface area contributed by atoms with Gasteiger partial charge in [-0.1, -0.05) is 0 Å². The molecule has 0 amide bonds. The van der Waals surface area contributed by atoms with E-state index in [0.29, 0.717) is 18.9 Å². The van der Waals surface area contributed by atoms with Crippen LogP contribution >= 0.6 is 0 Å². The highest BCUT2D eigenvalue weighted by Crippen LogP contribution is 2.29. The predicted octanol–water partition coefficient (Wildman–Crippen LogP) is 5.93. The van der Waals surface area contributed by atoms with Gasteiger partial charge in [-0.3, -0.25) is 5.32 Å². The summed E-state index contributed by atoms with van der Waals surface area (Å²) in [4.78, 5) is 0. The summed E-state index contributed by atoms with van der Waals surface area (Å²) >= 11 is 0. The molecule has 0 saturated carbocycles. The van der Waals surface area contributed by atoms with Crippen LogP contribution in [0.15, 0.2) is 23.0 Å². The first kappa shape index (κ1) is 30.6. The third kappa shape index (κ3) is 10.4. The van der Waals surface area contributed by atoms with E-state index in [1.54, 1.807) is 0 Å². The summed E-state index contributed by atoms with van der Waals surface area (Å²) in [6.07, 6.45) is 0.819. The Kier molecular flexibility index (Phi) is 10.8. The van der Waals surface area contributed by atoms with Crippen molar-refractivity contribution >= 4 is 0 Å². The van der Waals surface area contributed by atoms with E-state index in [-0.39, 0.29) is 23.7 Å². The lowest BCUT2D eigenvalue weighted by atomic mass is 10.2. The van der Waals surface area contributed by atoms with E-state index in [2.05, 4.69) is 19.2 Å². The van der Waals surface area contributed by atoms with Crippen LogP contribution in [-0.4, -0.2) is 48.4 Å². The van der Waals surface area contributed by atoms with Gasteiger partial charge < -0.3 is 33.2 Å². The Bertz CT molecular complexity index is 644. The van der Waals surface area contributed by atoms with E-state index in [1.165, 1.54) is 0 Å². The monoisotopic (exact) mass is 487 g/mol. The molecule has 34 heavy (non-hydrogen) atoms. The Morgan fingerprint density at radius 2 is 1.00 bits per heavy atom. The molecule has 8 heteroatoms. The molecular formula is C26H49NO7. The van der Waals surface area contributed by atoms with Crippen molar-refractivity contribution in [2.75, 3.05) is 6.79 Å². The first-order valence-electron chi connectivity index (χ1n) is 12.1.